The van der Waals surface area contributed by atoms with Crippen LogP contribution in [0.5, 0.6) is 0 Å². The van der Waals surface area contributed by atoms with Crippen molar-refractivity contribution in [2.45, 2.75) is 49.6 Å². The summed E-state index contributed by atoms with van der Waals surface area (Å²) < 4.78 is 137. The van der Waals surface area contributed by atoms with E-state index in [1.807, 2.05) is 0 Å². The summed E-state index contributed by atoms with van der Waals surface area (Å²) in [5, 5.41) is 1.69. The number of carboxylic acids is 1. The van der Waals surface area contributed by atoms with Crippen LogP contribution in [0.2, 0.25) is 0 Å². The topological polar surface area (TPSA) is 83.5 Å². The summed E-state index contributed by atoms with van der Waals surface area (Å²) >= 11 is 0. The SMILES string of the molecule is CC(C)CC(NS(=O)(=O)C(F)(F)C(F)(F)C(F)(F)C(F)(F)F)C(=O)O. The summed E-state index contributed by atoms with van der Waals surface area (Å²) in [5.41, 5.74) is 0. The molecule has 0 saturated carbocycles. The Bertz CT molecular complexity index is 600. The highest BCUT2D eigenvalue weighted by Gasteiger charge is 2.85. The molecule has 0 bridgehead atoms. The van der Waals surface area contributed by atoms with E-state index in [9.17, 15) is 52.7 Å². The van der Waals surface area contributed by atoms with Crippen LogP contribution in [0.15, 0.2) is 0 Å². The third-order valence-corrected chi connectivity index (χ3v) is 4.28. The van der Waals surface area contributed by atoms with Gasteiger partial charge in [0.05, 0.1) is 0 Å². The summed E-state index contributed by atoms with van der Waals surface area (Å²) in [6.45, 7) is 2.55. The largest absolute Gasteiger partial charge is 0.480 e. The lowest BCUT2D eigenvalue weighted by molar-refractivity contribution is -0.382. The van der Waals surface area contributed by atoms with E-state index in [1.54, 1.807) is 0 Å². The first-order chi connectivity index (χ1) is 10.7. The number of aliphatic carboxylic acids is 1. The van der Waals surface area contributed by atoms with Gasteiger partial charge in [-0.15, -0.1) is 0 Å². The maximum absolute atomic E-state index is 13.4. The first-order valence-corrected chi connectivity index (χ1v) is 7.65. The van der Waals surface area contributed by atoms with Crippen molar-refractivity contribution in [1.29, 1.82) is 0 Å². The summed E-state index contributed by atoms with van der Waals surface area (Å²) in [5.74, 6) is -17.6. The molecule has 0 aromatic heterocycles. The van der Waals surface area contributed by atoms with Gasteiger partial charge in [-0.1, -0.05) is 13.8 Å². The van der Waals surface area contributed by atoms with Crippen molar-refractivity contribution in [3.8, 4) is 0 Å². The molecule has 5 nitrogen and oxygen atoms in total. The molecule has 0 aliphatic heterocycles. The first kappa shape index (κ1) is 23.8. The quantitative estimate of drug-likeness (QED) is 0.600. The Kier molecular flexibility index (Phi) is 6.47. The minimum Gasteiger partial charge on any atom is -0.480 e. The van der Waals surface area contributed by atoms with Crippen LogP contribution in [0.1, 0.15) is 20.3 Å². The molecule has 25 heavy (non-hydrogen) atoms. The van der Waals surface area contributed by atoms with Crippen LogP contribution in [-0.4, -0.2) is 48.8 Å². The number of nitrogens with one attached hydrogen (secondary N) is 1. The number of alkyl halides is 9. The molecule has 1 atom stereocenters. The van der Waals surface area contributed by atoms with Crippen molar-refractivity contribution in [1.82, 2.24) is 4.72 Å². The Labute approximate surface area is 135 Å². The van der Waals surface area contributed by atoms with Crippen molar-refractivity contribution < 1.29 is 57.8 Å². The molecule has 0 aromatic rings. The van der Waals surface area contributed by atoms with Gasteiger partial charge in [-0.25, -0.2) is 8.42 Å². The van der Waals surface area contributed by atoms with Gasteiger partial charge >= 0.3 is 29.2 Å². The molecule has 0 heterocycles. The number of carbonyl (C=O) groups is 1. The zero-order valence-corrected chi connectivity index (χ0v) is 13.2. The molecule has 0 rings (SSSR count). The van der Waals surface area contributed by atoms with E-state index in [0.29, 0.717) is 4.72 Å². The summed E-state index contributed by atoms with van der Waals surface area (Å²) in [6, 6.07) is -2.45. The van der Waals surface area contributed by atoms with E-state index in [0.717, 1.165) is 0 Å². The Morgan fingerprint density at radius 2 is 1.36 bits per heavy atom. The van der Waals surface area contributed by atoms with Crippen molar-refractivity contribution in [3.05, 3.63) is 0 Å². The van der Waals surface area contributed by atoms with Crippen molar-refractivity contribution in [3.63, 3.8) is 0 Å². The van der Waals surface area contributed by atoms with Crippen molar-refractivity contribution in [2.24, 2.45) is 5.92 Å². The van der Waals surface area contributed by atoms with Gasteiger partial charge in [0.15, 0.2) is 0 Å². The molecule has 0 spiro atoms. The summed E-state index contributed by atoms with van der Waals surface area (Å²) in [4.78, 5) is 10.8. The Hall–Kier alpha value is -1.25. The third-order valence-electron chi connectivity index (χ3n) is 2.76. The van der Waals surface area contributed by atoms with E-state index in [-0.39, 0.29) is 0 Å². The van der Waals surface area contributed by atoms with E-state index < -0.39 is 57.6 Å². The number of halogens is 9. The Balaban J connectivity index is 6.01. The zero-order valence-electron chi connectivity index (χ0n) is 12.3. The maximum Gasteiger partial charge on any atom is 0.460 e. The fourth-order valence-corrected chi connectivity index (χ4v) is 2.65. The minimum absolute atomic E-state index is 0.536. The normalized spacial score (nSPS) is 16.2. The van der Waals surface area contributed by atoms with Gasteiger partial charge in [0.25, 0.3) is 10.0 Å². The van der Waals surface area contributed by atoms with Crippen LogP contribution in [0, 0.1) is 5.92 Å². The number of rotatable bonds is 8. The third kappa shape index (κ3) is 4.30. The van der Waals surface area contributed by atoms with Crippen LogP contribution >= 0.6 is 0 Å². The van der Waals surface area contributed by atoms with Gasteiger partial charge in [0.2, 0.25) is 0 Å². The standard InChI is InChI=1S/C10H12F9NO4S/c1-4(2)3-5(6(21)22)20-25(23,24)10(18,19)8(13,14)7(11,12)9(15,16)17/h4-5,20H,3H2,1-2H3,(H,21,22). The molecule has 0 aliphatic carbocycles. The van der Waals surface area contributed by atoms with E-state index in [4.69, 9.17) is 5.11 Å². The molecule has 0 amide bonds. The first-order valence-electron chi connectivity index (χ1n) is 6.17. The predicted octanol–water partition coefficient (Wildman–Crippen LogP) is 2.83. The van der Waals surface area contributed by atoms with Gasteiger partial charge < -0.3 is 5.11 Å². The zero-order chi connectivity index (χ0) is 20.6. The van der Waals surface area contributed by atoms with Crippen LogP contribution in [0.4, 0.5) is 39.5 Å². The van der Waals surface area contributed by atoms with E-state index in [1.165, 1.54) is 13.8 Å². The van der Waals surface area contributed by atoms with Crippen LogP contribution < -0.4 is 4.72 Å². The number of hydrogen-bond acceptors (Lipinski definition) is 3. The second kappa shape index (κ2) is 6.81. The highest BCUT2D eigenvalue weighted by atomic mass is 32.2. The lowest BCUT2D eigenvalue weighted by atomic mass is 10.1. The number of hydrogen-bond donors (Lipinski definition) is 2. The van der Waals surface area contributed by atoms with Gasteiger partial charge in [-0.05, 0) is 12.3 Å². The smallest absolute Gasteiger partial charge is 0.460 e. The fourth-order valence-electron chi connectivity index (χ4n) is 1.46. The highest BCUT2D eigenvalue weighted by Crippen LogP contribution is 2.54. The minimum atomic E-state index is -7.41. The lowest BCUT2D eigenvalue weighted by Gasteiger charge is -2.33. The Morgan fingerprint density at radius 3 is 1.64 bits per heavy atom. The molecule has 0 fully saturated rings. The molecular weight excluding hydrogens is 401 g/mol. The molecule has 1 unspecified atom stereocenters. The lowest BCUT2D eigenvalue weighted by Crippen LogP contribution is -2.65. The second-order valence-electron chi connectivity index (χ2n) is 5.30. The highest BCUT2D eigenvalue weighted by molar-refractivity contribution is 7.90. The summed E-state index contributed by atoms with van der Waals surface area (Å²) in [7, 11) is -6.94. The van der Waals surface area contributed by atoms with E-state index >= 15 is 0 Å². The number of sulfonamides is 1. The van der Waals surface area contributed by atoms with E-state index in [2.05, 4.69) is 0 Å². The Morgan fingerprint density at radius 1 is 0.960 bits per heavy atom. The molecule has 150 valence electrons. The fraction of sp³-hybridized carbons (Fsp3) is 0.900. The van der Waals surface area contributed by atoms with Gasteiger partial charge in [-0.2, -0.15) is 44.2 Å². The molecule has 0 aromatic carbocycles. The summed E-state index contributed by atoms with van der Waals surface area (Å²) in [6.07, 6.45) is -7.93. The predicted molar refractivity (Wildman–Crippen MR) is 63.8 cm³/mol. The van der Waals surface area contributed by atoms with Gasteiger partial charge in [-0.3, -0.25) is 4.79 Å². The van der Waals surface area contributed by atoms with Crippen molar-refractivity contribution >= 4 is 16.0 Å². The molecule has 0 aliphatic rings. The average molecular weight is 413 g/mol. The van der Waals surface area contributed by atoms with Crippen LogP contribution in [-0.2, 0) is 14.8 Å². The molecule has 2 N–H and O–H groups in total. The second-order valence-corrected chi connectivity index (χ2v) is 7.06. The van der Waals surface area contributed by atoms with Crippen molar-refractivity contribution in [2.75, 3.05) is 0 Å². The monoisotopic (exact) mass is 413 g/mol. The molecule has 0 radical (unpaired) electrons. The number of carboxylic acid groups (broad SMARTS) is 1. The van der Waals surface area contributed by atoms with Gasteiger partial charge in [0, 0.05) is 0 Å². The van der Waals surface area contributed by atoms with Crippen LogP contribution in [0.3, 0.4) is 0 Å². The average Bonchev–Trinajstić information content (AvgIpc) is 2.34. The maximum atomic E-state index is 13.4. The molecule has 0 saturated heterocycles. The van der Waals surface area contributed by atoms with Crippen LogP contribution in [0.25, 0.3) is 0 Å². The molecule has 15 heteroatoms. The van der Waals surface area contributed by atoms with Gasteiger partial charge in [0.1, 0.15) is 6.04 Å². The molecular formula is C10H12F9NO4S.